The lowest BCUT2D eigenvalue weighted by molar-refractivity contribution is 0.101. The van der Waals surface area contributed by atoms with Gasteiger partial charge < -0.3 is 4.52 Å². The van der Waals surface area contributed by atoms with Gasteiger partial charge in [0.25, 0.3) is 5.91 Å². The summed E-state index contributed by atoms with van der Waals surface area (Å²) in [6.07, 6.45) is 0. The van der Waals surface area contributed by atoms with Crippen molar-refractivity contribution < 1.29 is 9.32 Å². The predicted octanol–water partition coefficient (Wildman–Crippen LogP) is 5.33. The zero-order chi connectivity index (χ0) is 18.8. The molecule has 5 nitrogen and oxygen atoms in total. The second-order valence-electron chi connectivity index (χ2n) is 6.25. The van der Waals surface area contributed by atoms with Crippen molar-refractivity contribution in [3.8, 4) is 22.6 Å². The van der Waals surface area contributed by atoms with Crippen molar-refractivity contribution in [2.75, 3.05) is 5.32 Å². The van der Waals surface area contributed by atoms with Crippen molar-refractivity contribution in [1.82, 2.24) is 10.1 Å². The number of nitrogens with zero attached hydrogens (tertiary/aromatic N) is 2. The van der Waals surface area contributed by atoms with E-state index in [9.17, 15) is 4.79 Å². The van der Waals surface area contributed by atoms with Crippen molar-refractivity contribution in [2.45, 2.75) is 13.8 Å². The summed E-state index contributed by atoms with van der Waals surface area (Å²) in [5.41, 5.74) is 5.33. The summed E-state index contributed by atoms with van der Waals surface area (Å²) in [5, 5.41) is 9.13. The van der Waals surface area contributed by atoms with Crippen molar-refractivity contribution in [2.24, 2.45) is 0 Å². The fourth-order valence-corrected chi connectivity index (χ4v) is 3.45. The highest BCUT2D eigenvalue weighted by Crippen LogP contribution is 2.28. The summed E-state index contributed by atoms with van der Waals surface area (Å²) in [5.74, 6) is 0.207. The molecule has 134 valence electrons. The van der Waals surface area contributed by atoms with Gasteiger partial charge in [-0.2, -0.15) is 0 Å². The Hall–Kier alpha value is -3.25. The molecule has 2 heterocycles. The topological polar surface area (TPSA) is 68.0 Å². The molecule has 0 aliphatic rings. The molecule has 2 aromatic carbocycles. The van der Waals surface area contributed by atoms with E-state index in [0.29, 0.717) is 10.9 Å². The lowest BCUT2D eigenvalue weighted by Crippen LogP contribution is -2.11. The second-order valence-corrected chi connectivity index (χ2v) is 7.11. The molecule has 0 saturated heterocycles. The van der Waals surface area contributed by atoms with E-state index >= 15 is 0 Å². The Kier molecular flexibility index (Phi) is 4.56. The van der Waals surface area contributed by atoms with Crippen molar-refractivity contribution in [1.29, 1.82) is 0 Å². The highest BCUT2D eigenvalue weighted by Gasteiger charge is 2.16. The van der Waals surface area contributed by atoms with Crippen LogP contribution in [0.1, 0.15) is 21.6 Å². The number of anilines is 1. The van der Waals surface area contributed by atoms with Gasteiger partial charge >= 0.3 is 0 Å². The Bertz CT molecular complexity index is 1100. The minimum atomic E-state index is -0.345. The molecule has 4 aromatic rings. The SMILES string of the molecule is Cc1ccc(C)c(-c2csc(NC(=O)c3cc(-c4ccccc4)on3)n2)c1. The number of aromatic nitrogens is 2. The zero-order valence-electron chi connectivity index (χ0n) is 14.9. The first-order valence-electron chi connectivity index (χ1n) is 8.47. The van der Waals surface area contributed by atoms with Gasteiger partial charge in [-0.1, -0.05) is 53.2 Å². The number of amides is 1. The van der Waals surface area contributed by atoms with Gasteiger partial charge in [0.2, 0.25) is 0 Å². The molecule has 0 aliphatic carbocycles. The van der Waals surface area contributed by atoms with Crippen LogP contribution < -0.4 is 5.32 Å². The van der Waals surface area contributed by atoms with Crippen molar-refractivity contribution >= 4 is 22.4 Å². The Labute approximate surface area is 160 Å². The van der Waals surface area contributed by atoms with Gasteiger partial charge in [0.05, 0.1) is 5.69 Å². The van der Waals surface area contributed by atoms with E-state index < -0.39 is 0 Å². The van der Waals surface area contributed by atoms with Gasteiger partial charge in [-0.3, -0.25) is 10.1 Å². The average molecular weight is 375 g/mol. The summed E-state index contributed by atoms with van der Waals surface area (Å²) in [6.45, 7) is 4.10. The number of benzene rings is 2. The minimum Gasteiger partial charge on any atom is -0.355 e. The molecule has 0 bridgehead atoms. The molecule has 1 amide bonds. The summed E-state index contributed by atoms with van der Waals surface area (Å²) >= 11 is 1.38. The second kappa shape index (κ2) is 7.17. The van der Waals surface area contributed by atoms with E-state index in [-0.39, 0.29) is 11.6 Å². The molecule has 0 unspecified atom stereocenters. The Balaban J connectivity index is 1.52. The third kappa shape index (κ3) is 3.66. The van der Waals surface area contributed by atoms with Crippen molar-refractivity contribution in [3.63, 3.8) is 0 Å². The highest BCUT2D eigenvalue weighted by molar-refractivity contribution is 7.14. The van der Waals surface area contributed by atoms with E-state index in [1.807, 2.05) is 49.6 Å². The Morgan fingerprint density at radius 1 is 1.07 bits per heavy atom. The van der Waals surface area contributed by atoms with Crippen LogP contribution >= 0.6 is 11.3 Å². The van der Waals surface area contributed by atoms with Crippen LogP contribution in [0.25, 0.3) is 22.6 Å². The van der Waals surface area contributed by atoms with Crippen LogP contribution in [-0.2, 0) is 0 Å². The van der Waals surface area contributed by atoms with Gasteiger partial charge in [0.1, 0.15) is 0 Å². The molecular formula is C21H17N3O2S. The molecule has 0 fully saturated rings. The van der Waals surface area contributed by atoms with E-state index in [4.69, 9.17) is 4.52 Å². The summed E-state index contributed by atoms with van der Waals surface area (Å²) in [6, 6.07) is 17.4. The maximum atomic E-state index is 12.5. The number of nitrogens with one attached hydrogen (secondary N) is 1. The monoisotopic (exact) mass is 375 g/mol. The van der Waals surface area contributed by atoms with E-state index in [2.05, 4.69) is 33.7 Å². The van der Waals surface area contributed by atoms with Gasteiger partial charge in [-0.05, 0) is 25.5 Å². The Morgan fingerprint density at radius 2 is 1.89 bits per heavy atom. The molecule has 4 rings (SSSR count). The lowest BCUT2D eigenvalue weighted by atomic mass is 10.0. The Morgan fingerprint density at radius 3 is 2.70 bits per heavy atom. The third-order valence-corrected chi connectivity index (χ3v) is 4.95. The molecular weight excluding hydrogens is 358 g/mol. The third-order valence-electron chi connectivity index (χ3n) is 4.19. The molecule has 0 saturated carbocycles. The molecule has 6 heteroatoms. The number of carbonyl (C=O) groups is 1. The molecule has 0 radical (unpaired) electrons. The van der Waals surface area contributed by atoms with Crippen molar-refractivity contribution in [3.05, 3.63) is 76.8 Å². The van der Waals surface area contributed by atoms with Crippen LogP contribution in [0.4, 0.5) is 5.13 Å². The fraction of sp³-hybridized carbons (Fsp3) is 0.0952. The number of hydrogen-bond acceptors (Lipinski definition) is 5. The van der Waals surface area contributed by atoms with Gasteiger partial charge in [0, 0.05) is 22.6 Å². The standard InChI is InChI=1S/C21H17N3O2S/c1-13-8-9-14(2)16(10-13)18-12-27-21(22-18)23-20(25)17-11-19(26-24-17)15-6-4-3-5-7-15/h3-12H,1-2H3,(H,22,23,25). The molecule has 1 N–H and O–H groups in total. The number of thiazole rings is 1. The minimum absolute atomic E-state index is 0.220. The molecule has 0 spiro atoms. The normalized spacial score (nSPS) is 10.7. The number of rotatable bonds is 4. The zero-order valence-corrected chi connectivity index (χ0v) is 15.7. The van der Waals surface area contributed by atoms with Crippen LogP contribution in [0.2, 0.25) is 0 Å². The summed E-state index contributed by atoms with van der Waals surface area (Å²) in [7, 11) is 0. The van der Waals surface area contributed by atoms with E-state index in [1.165, 1.54) is 16.9 Å². The first-order chi connectivity index (χ1) is 13.1. The highest BCUT2D eigenvalue weighted by atomic mass is 32.1. The summed E-state index contributed by atoms with van der Waals surface area (Å²) in [4.78, 5) is 17.0. The first kappa shape index (κ1) is 17.2. The maximum absolute atomic E-state index is 12.5. The van der Waals surface area contributed by atoms with Gasteiger partial charge in [0.15, 0.2) is 16.6 Å². The molecule has 0 aliphatic heterocycles. The number of carbonyl (C=O) groups excluding carboxylic acids is 1. The average Bonchev–Trinajstić information content (AvgIpc) is 3.34. The van der Waals surface area contributed by atoms with Gasteiger partial charge in [-0.25, -0.2) is 4.98 Å². The maximum Gasteiger partial charge on any atom is 0.279 e. The fourth-order valence-electron chi connectivity index (χ4n) is 2.75. The molecule has 0 atom stereocenters. The van der Waals surface area contributed by atoms with Gasteiger partial charge in [-0.15, -0.1) is 11.3 Å². The molecule has 27 heavy (non-hydrogen) atoms. The summed E-state index contributed by atoms with van der Waals surface area (Å²) < 4.78 is 5.29. The van der Waals surface area contributed by atoms with Crippen LogP contribution in [0.5, 0.6) is 0 Å². The number of aryl methyl sites for hydroxylation is 2. The van der Waals surface area contributed by atoms with Crippen LogP contribution in [0.15, 0.2) is 64.5 Å². The molecule has 2 aromatic heterocycles. The van der Waals surface area contributed by atoms with Crippen LogP contribution in [-0.4, -0.2) is 16.0 Å². The quantitative estimate of drug-likeness (QED) is 0.523. The first-order valence-corrected chi connectivity index (χ1v) is 9.35. The van der Waals surface area contributed by atoms with E-state index in [1.54, 1.807) is 6.07 Å². The predicted molar refractivity (Wildman–Crippen MR) is 107 cm³/mol. The smallest absolute Gasteiger partial charge is 0.279 e. The van der Waals surface area contributed by atoms with E-state index in [0.717, 1.165) is 22.4 Å². The van der Waals surface area contributed by atoms with Crippen LogP contribution in [0.3, 0.4) is 0 Å². The number of hydrogen-bond donors (Lipinski definition) is 1. The van der Waals surface area contributed by atoms with Crippen LogP contribution in [0, 0.1) is 13.8 Å². The lowest BCUT2D eigenvalue weighted by Gasteiger charge is -2.03. The largest absolute Gasteiger partial charge is 0.355 e.